The Morgan fingerprint density at radius 1 is 0.944 bits per heavy atom. The predicted octanol–water partition coefficient (Wildman–Crippen LogP) is 6.55. The van der Waals surface area contributed by atoms with E-state index < -0.39 is 17.7 Å². The molecule has 1 fully saturated rings. The molecule has 1 atom stereocenters. The maximum Gasteiger partial charge on any atom is 0.264 e. The molecule has 0 N–H and O–H groups in total. The third-order valence-corrected chi connectivity index (χ3v) is 7.81. The molecule has 0 aliphatic carbocycles. The average Bonchev–Trinajstić information content (AvgIpc) is 3.33. The Labute approximate surface area is 217 Å². The van der Waals surface area contributed by atoms with Crippen molar-refractivity contribution in [1.29, 1.82) is 0 Å². The van der Waals surface area contributed by atoms with E-state index in [2.05, 4.69) is 4.90 Å². The molecule has 4 aromatic rings. The lowest BCUT2D eigenvalue weighted by Gasteiger charge is -2.36. The molecule has 5 rings (SSSR count). The summed E-state index contributed by atoms with van der Waals surface area (Å²) in [6.45, 7) is 2.90. The van der Waals surface area contributed by atoms with Gasteiger partial charge in [0.15, 0.2) is 0 Å². The van der Waals surface area contributed by atoms with Crippen LogP contribution in [0.15, 0.2) is 72.8 Å². The highest BCUT2D eigenvalue weighted by molar-refractivity contribution is 7.20. The molecule has 0 bridgehead atoms. The van der Waals surface area contributed by atoms with Crippen molar-refractivity contribution in [3.63, 3.8) is 0 Å². The number of rotatable bonds is 7. The quantitative estimate of drug-likeness (QED) is 0.274. The summed E-state index contributed by atoms with van der Waals surface area (Å²) >= 11 is 7.58. The monoisotopic (exact) mass is 526 g/mol. The van der Waals surface area contributed by atoms with E-state index in [9.17, 15) is 13.6 Å². The number of nitrogens with zero attached hydrogens (tertiary/aromatic N) is 2. The molecule has 1 aliphatic heterocycles. The molecular weight excluding hydrogens is 502 g/mol. The van der Waals surface area contributed by atoms with Crippen molar-refractivity contribution in [2.24, 2.45) is 0 Å². The molecule has 8 heteroatoms. The molecule has 1 aliphatic rings. The maximum atomic E-state index is 14.2. The van der Waals surface area contributed by atoms with Crippen molar-refractivity contribution < 1.29 is 18.3 Å². The molecule has 1 amide bonds. The van der Waals surface area contributed by atoms with Gasteiger partial charge < -0.3 is 9.64 Å². The van der Waals surface area contributed by atoms with Crippen LogP contribution in [0.4, 0.5) is 8.78 Å². The number of ether oxygens (including phenoxy) is 1. The van der Waals surface area contributed by atoms with Crippen LogP contribution in [0.1, 0.15) is 26.9 Å². The Bertz CT molecular complexity index is 1300. The predicted molar refractivity (Wildman–Crippen MR) is 140 cm³/mol. The maximum absolute atomic E-state index is 14.2. The Kier molecular flexibility index (Phi) is 7.62. The van der Waals surface area contributed by atoms with Gasteiger partial charge in [0.2, 0.25) is 0 Å². The van der Waals surface area contributed by atoms with Crippen LogP contribution in [0.5, 0.6) is 0 Å². The zero-order valence-electron chi connectivity index (χ0n) is 19.5. The minimum Gasteiger partial charge on any atom is -0.367 e. The van der Waals surface area contributed by atoms with E-state index in [-0.39, 0.29) is 18.1 Å². The Balaban J connectivity index is 1.24. The second kappa shape index (κ2) is 11.0. The van der Waals surface area contributed by atoms with E-state index in [0.717, 1.165) is 20.5 Å². The van der Waals surface area contributed by atoms with Crippen LogP contribution in [0.3, 0.4) is 0 Å². The first kappa shape index (κ1) is 24.8. The molecule has 0 spiro atoms. The van der Waals surface area contributed by atoms with Gasteiger partial charge in [-0.25, -0.2) is 8.78 Å². The van der Waals surface area contributed by atoms with Gasteiger partial charge in [-0.2, -0.15) is 0 Å². The van der Waals surface area contributed by atoms with Gasteiger partial charge in [-0.05, 0) is 47.3 Å². The third kappa shape index (κ3) is 5.60. The number of thiophene rings is 1. The highest BCUT2D eigenvalue weighted by Gasteiger charge is 2.26. The number of carbonyl (C=O) groups is 1. The van der Waals surface area contributed by atoms with Gasteiger partial charge >= 0.3 is 0 Å². The fourth-order valence-corrected chi connectivity index (χ4v) is 5.55. The van der Waals surface area contributed by atoms with Crippen molar-refractivity contribution in [2.75, 3.05) is 32.7 Å². The van der Waals surface area contributed by atoms with Crippen molar-refractivity contribution in [2.45, 2.75) is 12.7 Å². The van der Waals surface area contributed by atoms with Gasteiger partial charge in [-0.3, -0.25) is 9.69 Å². The summed E-state index contributed by atoms with van der Waals surface area (Å²) in [6.07, 6.45) is -0.411. The Morgan fingerprint density at radius 2 is 1.64 bits per heavy atom. The van der Waals surface area contributed by atoms with Gasteiger partial charge in [0, 0.05) is 48.0 Å². The van der Waals surface area contributed by atoms with E-state index in [1.165, 1.54) is 29.5 Å². The van der Waals surface area contributed by atoms with Crippen LogP contribution in [-0.2, 0) is 11.3 Å². The van der Waals surface area contributed by atoms with Crippen molar-refractivity contribution in [3.05, 3.63) is 105 Å². The SMILES string of the molecule is O=C(c1cc2ccccc2s1)N1CCN(CC(OCc2c(F)cccc2F)c2ccc(Cl)cc2)CC1. The van der Waals surface area contributed by atoms with E-state index in [0.29, 0.717) is 37.7 Å². The lowest BCUT2D eigenvalue weighted by atomic mass is 10.1. The summed E-state index contributed by atoms with van der Waals surface area (Å²) in [5.41, 5.74) is 0.787. The number of hydrogen-bond acceptors (Lipinski definition) is 4. The highest BCUT2D eigenvalue weighted by Crippen LogP contribution is 2.28. The lowest BCUT2D eigenvalue weighted by molar-refractivity contribution is 0.00150. The minimum atomic E-state index is -0.627. The topological polar surface area (TPSA) is 32.8 Å². The van der Waals surface area contributed by atoms with Gasteiger partial charge in [0.25, 0.3) is 5.91 Å². The second-order valence-electron chi connectivity index (χ2n) is 8.79. The van der Waals surface area contributed by atoms with Crippen LogP contribution in [0, 0.1) is 11.6 Å². The van der Waals surface area contributed by atoms with Crippen molar-refractivity contribution in [3.8, 4) is 0 Å². The number of halogens is 3. The summed E-state index contributed by atoms with van der Waals surface area (Å²) in [6, 6.07) is 21.0. The standard InChI is InChI=1S/C28H25ClF2N2O2S/c29-21-10-8-19(9-11-21)25(35-18-22-23(30)5-3-6-24(22)31)17-32-12-14-33(15-13-32)28(34)27-16-20-4-1-2-7-26(20)36-27/h1-11,16,25H,12-15,17-18H2. The van der Waals surface area contributed by atoms with E-state index in [1.54, 1.807) is 12.1 Å². The molecular formula is C28H25ClF2N2O2S. The third-order valence-electron chi connectivity index (χ3n) is 6.45. The molecule has 0 radical (unpaired) electrons. The first-order valence-electron chi connectivity index (χ1n) is 11.8. The van der Waals surface area contributed by atoms with Crippen LogP contribution >= 0.6 is 22.9 Å². The molecule has 36 heavy (non-hydrogen) atoms. The summed E-state index contributed by atoms with van der Waals surface area (Å²) in [7, 11) is 0. The van der Waals surface area contributed by atoms with E-state index >= 15 is 0 Å². The van der Waals surface area contributed by atoms with Crippen LogP contribution in [0.25, 0.3) is 10.1 Å². The first-order chi connectivity index (χ1) is 17.5. The largest absolute Gasteiger partial charge is 0.367 e. The number of piperazine rings is 1. The zero-order chi connectivity index (χ0) is 25.1. The minimum absolute atomic E-state index is 0.0522. The van der Waals surface area contributed by atoms with Crippen LogP contribution < -0.4 is 0 Å². The molecule has 1 aromatic heterocycles. The number of hydrogen-bond donors (Lipinski definition) is 0. The van der Waals surface area contributed by atoms with E-state index in [1.807, 2.05) is 47.4 Å². The molecule has 186 valence electrons. The van der Waals surface area contributed by atoms with Crippen molar-refractivity contribution in [1.82, 2.24) is 9.80 Å². The summed E-state index contributed by atoms with van der Waals surface area (Å²) in [5.74, 6) is -1.20. The van der Waals surface area contributed by atoms with Crippen LogP contribution in [-0.4, -0.2) is 48.4 Å². The van der Waals surface area contributed by atoms with Crippen LogP contribution in [0.2, 0.25) is 5.02 Å². The summed E-state index contributed by atoms with van der Waals surface area (Å²) in [5, 5.41) is 1.68. The average molecular weight is 527 g/mol. The molecule has 1 unspecified atom stereocenters. The van der Waals surface area contributed by atoms with Gasteiger partial charge in [-0.1, -0.05) is 48.0 Å². The Morgan fingerprint density at radius 3 is 2.33 bits per heavy atom. The van der Waals surface area contributed by atoms with Crippen molar-refractivity contribution >= 4 is 38.9 Å². The smallest absolute Gasteiger partial charge is 0.264 e. The molecule has 4 nitrogen and oxygen atoms in total. The Hall–Kier alpha value is -2.84. The normalized spacial score (nSPS) is 15.4. The molecule has 3 aromatic carbocycles. The molecule has 0 saturated carbocycles. The van der Waals surface area contributed by atoms with E-state index in [4.69, 9.17) is 16.3 Å². The second-order valence-corrected chi connectivity index (χ2v) is 10.3. The number of fused-ring (bicyclic) bond motifs is 1. The van der Waals surface area contributed by atoms with Gasteiger partial charge in [0.1, 0.15) is 11.6 Å². The number of amides is 1. The summed E-state index contributed by atoms with van der Waals surface area (Å²) in [4.78, 5) is 17.9. The number of carbonyl (C=O) groups excluding carboxylic acids is 1. The number of benzene rings is 3. The zero-order valence-corrected chi connectivity index (χ0v) is 21.1. The molecule has 2 heterocycles. The fourth-order valence-electron chi connectivity index (χ4n) is 4.40. The summed E-state index contributed by atoms with van der Waals surface area (Å²) < 4.78 is 35.5. The first-order valence-corrected chi connectivity index (χ1v) is 13.0. The lowest BCUT2D eigenvalue weighted by Crippen LogP contribution is -2.49. The van der Waals surface area contributed by atoms with Gasteiger partial charge in [-0.15, -0.1) is 11.3 Å². The molecule has 1 saturated heterocycles. The fraction of sp³-hybridized carbons (Fsp3) is 0.250. The highest BCUT2D eigenvalue weighted by atomic mass is 35.5. The van der Waals surface area contributed by atoms with Gasteiger partial charge in [0.05, 0.1) is 17.6 Å².